The molecule has 7 nitrogen and oxygen atoms in total. The summed E-state index contributed by atoms with van der Waals surface area (Å²) in [5, 5.41) is 13.6. The molecular weight excluding hydrogens is 371 g/mol. The topological polar surface area (TPSA) is 85.3 Å². The number of anilines is 1. The minimum Gasteiger partial charge on any atom is -0.617 e. The molecule has 0 aromatic carbocycles. The number of halogens is 2. The van der Waals surface area contributed by atoms with E-state index in [1.54, 1.807) is 20.1 Å². The predicted molar refractivity (Wildman–Crippen MR) is 92.0 cm³/mol. The molecular formula is C15H19ClFN4O3S+. The van der Waals surface area contributed by atoms with Gasteiger partial charge in [0.05, 0.1) is 18.4 Å². The van der Waals surface area contributed by atoms with E-state index in [4.69, 9.17) is 11.6 Å². The Hall–Kier alpha value is -1.84. The number of aromatic nitrogens is 3. The Morgan fingerprint density at radius 1 is 1.60 bits per heavy atom. The molecule has 0 aliphatic heterocycles. The first-order valence-corrected chi connectivity index (χ1v) is 9.61. The van der Waals surface area contributed by atoms with Crippen LogP contribution in [0.2, 0.25) is 5.15 Å². The molecule has 1 N–H and O–H groups in total. The van der Waals surface area contributed by atoms with Gasteiger partial charge in [0.1, 0.15) is 17.1 Å². The molecule has 0 aliphatic carbocycles. The van der Waals surface area contributed by atoms with Gasteiger partial charge in [-0.05, 0) is 13.8 Å². The zero-order chi connectivity index (χ0) is 18.7. The van der Waals surface area contributed by atoms with E-state index < -0.39 is 22.9 Å². The van der Waals surface area contributed by atoms with Crippen molar-refractivity contribution in [1.29, 1.82) is 0 Å². The maximum absolute atomic E-state index is 13.5. The van der Waals surface area contributed by atoms with E-state index in [0.29, 0.717) is 17.0 Å². The number of hydrogen-bond acceptors (Lipinski definition) is 4. The molecule has 2 atom stereocenters. The Balaban J connectivity index is 2.35. The van der Waals surface area contributed by atoms with Crippen molar-refractivity contribution in [3.63, 3.8) is 0 Å². The van der Waals surface area contributed by atoms with E-state index in [2.05, 4.69) is 5.10 Å². The van der Waals surface area contributed by atoms with Crippen LogP contribution in [0.25, 0.3) is 5.69 Å². The fraction of sp³-hybridized carbons (Fsp3) is 0.400. The maximum atomic E-state index is 13.5. The van der Waals surface area contributed by atoms with Crippen LogP contribution in [0, 0.1) is 11.7 Å². The van der Waals surface area contributed by atoms with E-state index in [9.17, 15) is 18.9 Å². The van der Waals surface area contributed by atoms with Crippen molar-refractivity contribution in [3.8, 4) is 5.69 Å². The summed E-state index contributed by atoms with van der Waals surface area (Å²) in [6, 6.07) is 1.17. The highest BCUT2D eigenvalue weighted by Crippen LogP contribution is 2.27. The third-order valence-electron chi connectivity index (χ3n) is 3.50. The standard InChI is InChI=1S/C15H19ClFN4O3S/c1-4-20(15(22)10(2)9-25(3)24)13-8-21(18-14(13)16)12-5-11(17)6-19(23)7-12/h5-8,10,23H,4,9H2,1-3H3/q+1. The summed E-state index contributed by atoms with van der Waals surface area (Å²) < 4.78 is 26.7. The Kier molecular flexibility index (Phi) is 6.26. The molecule has 136 valence electrons. The van der Waals surface area contributed by atoms with Crippen LogP contribution >= 0.6 is 11.6 Å². The second-order valence-electron chi connectivity index (χ2n) is 5.57. The molecule has 2 unspecified atom stereocenters. The fourth-order valence-corrected chi connectivity index (χ4v) is 3.51. The van der Waals surface area contributed by atoms with Crippen LogP contribution in [0.3, 0.4) is 0 Å². The quantitative estimate of drug-likeness (QED) is 0.461. The molecule has 2 aromatic rings. The second kappa shape index (κ2) is 8.03. The van der Waals surface area contributed by atoms with Gasteiger partial charge in [0.25, 0.3) is 6.20 Å². The molecule has 10 heteroatoms. The predicted octanol–water partition coefficient (Wildman–Crippen LogP) is 1.56. The third-order valence-corrected chi connectivity index (χ3v) is 4.74. The van der Waals surface area contributed by atoms with Gasteiger partial charge in [-0.15, -0.1) is 0 Å². The van der Waals surface area contributed by atoms with Gasteiger partial charge in [-0.2, -0.15) is 5.10 Å². The summed E-state index contributed by atoms with van der Waals surface area (Å²) in [5.74, 6) is -1.08. The minimum absolute atomic E-state index is 0.0637. The van der Waals surface area contributed by atoms with E-state index in [0.717, 1.165) is 6.20 Å². The normalized spacial score (nSPS) is 13.5. The van der Waals surface area contributed by atoms with Crippen LogP contribution in [0.5, 0.6) is 0 Å². The lowest BCUT2D eigenvalue weighted by Gasteiger charge is -2.23. The summed E-state index contributed by atoms with van der Waals surface area (Å²) >= 11 is 5.05. The van der Waals surface area contributed by atoms with Gasteiger partial charge < -0.3 is 9.45 Å². The fourth-order valence-electron chi connectivity index (χ4n) is 2.43. The second-order valence-corrected chi connectivity index (χ2v) is 7.40. The number of amides is 1. The Labute approximate surface area is 152 Å². The molecule has 0 spiro atoms. The lowest BCUT2D eigenvalue weighted by molar-refractivity contribution is -0.905. The highest BCUT2D eigenvalue weighted by molar-refractivity contribution is 7.90. The van der Waals surface area contributed by atoms with Crippen molar-refractivity contribution in [2.75, 3.05) is 23.5 Å². The van der Waals surface area contributed by atoms with Crippen LogP contribution in [-0.2, 0) is 16.0 Å². The molecule has 1 amide bonds. The molecule has 0 fully saturated rings. The van der Waals surface area contributed by atoms with Gasteiger partial charge >= 0.3 is 0 Å². The molecule has 0 saturated carbocycles. The van der Waals surface area contributed by atoms with E-state index in [1.807, 2.05) is 0 Å². The van der Waals surface area contributed by atoms with E-state index in [1.165, 1.54) is 28.0 Å². The molecule has 0 bridgehead atoms. The van der Waals surface area contributed by atoms with Crippen molar-refractivity contribution in [1.82, 2.24) is 9.78 Å². The monoisotopic (exact) mass is 389 g/mol. The van der Waals surface area contributed by atoms with Crippen LogP contribution < -0.4 is 9.63 Å². The van der Waals surface area contributed by atoms with E-state index >= 15 is 0 Å². The van der Waals surface area contributed by atoms with E-state index in [-0.39, 0.29) is 22.5 Å². The van der Waals surface area contributed by atoms with Crippen molar-refractivity contribution < 1.29 is 23.7 Å². The number of hydrogen-bond donors (Lipinski definition) is 1. The van der Waals surface area contributed by atoms with Gasteiger partial charge in [-0.25, -0.2) is 9.07 Å². The first-order valence-electron chi connectivity index (χ1n) is 7.51. The first-order chi connectivity index (χ1) is 11.7. The van der Waals surface area contributed by atoms with Crippen molar-refractivity contribution in [2.24, 2.45) is 5.92 Å². The average molecular weight is 390 g/mol. The molecule has 2 heterocycles. The number of carbonyl (C=O) groups is 1. The SMILES string of the molecule is CCN(C(=O)C(C)C[S+](C)[O-])c1cn(-c2cc(F)c[n+](O)c2)nc1Cl. The number of nitrogens with zero attached hydrogens (tertiary/aromatic N) is 4. The summed E-state index contributed by atoms with van der Waals surface area (Å²) in [4.78, 5) is 14.0. The van der Waals surface area contributed by atoms with Gasteiger partial charge in [0.2, 0.25) is 12.1 Å². The average Bonchev–Trinajstić information content (AvgIpc) is 2.88. The number of rotatable bonds is 6. The van der Waals surface area contributed by atoms with Gasteiger partial charge in [0.15, 0.2) is 11.0 Å². The third kappa shape index (κ3) is 4.62. The van der Waals surface area contributed by atoms with Crippen molar-refractivity contribution in [3.05, 3.63) is 35.6 Å². The summed E-state index contributed by atoms with van der Waals surface area (Å²) in [6.07, 6.45) is 5.16. The highest BCUT2D eigenvalue weighted by atomic mass is 35.5. The van der Waals surface area contributed by atoms with Crippen LogP contribution in [0.15, 0.2) is 24.7 Å². The molecule has 2 aromatic heterocycles. The van der Waals surface area contributed by atoms with Crippen LogP contribution in [0.4, 0.5) is 10.1 Å². The summed E-state index contributed by atoms with van der Waals surface area (Å²) in [7, 11) is 0. The Morgan fingerprint density at radius 3 is 2.84 bits per heavy atom. The largest absolute Gasteiger partial charge is 0.617 e. The number of pyridine rings is 1. The van der Waals surface area contributed by atoms with Crippen molar-refractivity contribution >= 4 is 34.4 Å². The van der Waals surface area contributed by atoms with Crippen LogP contribution in [0.1, 0.15) is 13.8 Å². The maximum Gasteiger partial charge on any atom is 0.257 e. The molecule has 0 radical (unpaired) electrons. The molecule has 0 saturated heterocycles. The van der Waals surface area contributed by atoms with Gasteiger partial charge in [-0.3, -0.25) is 10.0 Å². The van der Waals surface area contributed by atoms with Gasteiger partial charge in [-0.1, -0.05) is 22.8 Å². The first kappa shape index (κ1) is 19.5. The minimum atomic E-state index is -1.10. The Bertz CT molecular complexity index is 751. The van der Waals surface area contributed by atoms with Crippen molar-refractivity contribution in [2.45, 2.75) is 13.8 Å². The van der Waals surface area contributed by atoms with Crippen LogP contribution in [-0.4, -0.2) is 44.0 Å². The summed E-state index contributed by atoms with van der Waals surface area (Å²) in [5.41, 5.74) is 0.596. The Morgan fingerprint density at radius 2 is 2.28 bits per heavy atom. The molecule has 25 heavy (non-hydrogen) atoms. The smallest absolute Gasteiger partial charge is 0.257 e. The molecule has 0 aliphatic rings. The summed E-state index contributed by atoms with van der Waals surface area (Å²) in [6.45, 7) is 3.82. The van der Waals surface area contributed by atoms with Gasteiger partial charge in [0, 0.05) is 17.3 Å². The zero-order valence-electron chi connectivity index (χ0n) is 14.0. The highest BCUT2D eigenvalue weighted by Gasteiger charge is 2.27. The molecule has 2 rings (SSSR count). The number of carbonyl (C=O) groups excluding carboxylic acids is 1. The lowest BCUT2D eigenvalue weighted by atomic mass is 10.2. The zero-order valence-corrected chi connectivity index (χ0v) is 15.6. The lowest BCUT2D eigenvalue weighted by Crippen LogP contribution is -2.37.